The molecule has 0 rings (SSSR count). The summed E-state index contributed by atoms with van der Waals surface area (Å²) in [6.07, 6.45) is 0. The van der Waals surface area contributed by atoms with Gasteiger partial charge in [-0.2, -0.15) is 0 Å². The molecule has 0 radical (unpaired) electrons. The Morgan fingerprint density at radius 1 is 1.67 bits per heavy atom. The molecule has 0 amide bonds. The zero-order valence-electron chi connectivity index (χ0n) is 2.83. The quantitative estimate of drug-likeness (QED) is 0.154. The molecule has 0 heterocycles. The minimum atomic E-state index is 2.22. The summed E-state index contributed by atoms with van der Waals surface area (Å²) in [5.41, 5.74) is 7.26. The van der Waals surface area contributed by atoms with Gasteiger partial charge in [-0.1, -0.05) is 0 Å². The standard InChI is InChI=1S/Co.N3.H4N2/c;1-3-2;1-2/h;;1-2H2/q+1;-1;. The number of hydrazine groups is 1. The van der Waals surface area contributed by atoms with Crippen molar-refractivity contribution in [2.75, 3.05) is 0 Å². The van der Waals surface area contributed by atoms with Crippen molar-refractivity contribution >= 4 is 0 Å². The van der Waals surface area contributed by atoms with Crippen LogP contribution < -0.4 is 11.7 Å². The first-order valence-electron chi connectivity index (χ1n) is 0.882. The fourth-order valence-electron chi connectivity index (χ4n) is 0. The Kier molecular flexibility index (Phi) is 33.7. The van der Waals surface area contributed by atoms with Crippen molar-refractivity contribution in [1.82, 2.24) is 0 Å². The number of hydrogen-bond acceptors (Lipinski definition) is 3. The van der Waals surface area contributed by atoms with Gasteiger partial charge in [-0.3, -0.25) is 11.7 Å². The molecule has 0 aromatic rings. The number of azide groups is 1. The first kappa shape index (κ1) is 9.22. The van der Waals surface area contributed by atoms with Crippen molar-refractivity contribution in [1.29, 1.82) is 0 Å². The van der Waals surface area contributed by atoms with E-state index in [1.165, 1.54) is 0 Å². The van der Waals surface area contributed by atoms with Crippen LogP contribution in [0.25, 0.3) is 10.4 Å². The second kappa shape index (κ2) is 21.9. The summed E-state index contributed by atoms with van der Waals surface area (Å²) >= 11 is 3.17. The topological polar surface area (TPSA) is 101 Å². The van der Waals surface area contributed by atoms with Crippen LogP contribution >= 0.6 is 0 Å². The van der Waals surface area contributed by atoms with Crippen LogP contribution in [0, 0.1) is 0 Å². The van der Waals surface area contributed by atoms with Gasteiger partial charge in [0.05, 0.1) is 0 Å². The van der Waals surface area contributed by atoms with E-state index in [9.17, 15) is 0 Å². The first-order valence-corrected chi connectivity index (χ1v) is 1.35. The fourth-order valence-corrected chi connectivity index (χ4v) is 0. The predicted molar refractivity (Wildman–Crippen MR) is 17.5 cm³/mol. The van der Waals surface area contributed by atoms with Crippen LogP contribution in [0.15, 0.2) is 4.16 Å². The van der Waals surface area contributed by atoms with E-state index in [0.29, 0.717) is 0 Å². The van der Waals surface area contributed by atoms with Gasteiger partial charge in [-0.15, -0.1) is 0 Å². The molecule has 0 atom stereocenters. The monoisotopic (exact) mass is 133 g/mol. The van der Waals surface area contributed by atoms with Crippen molar-refractivity contribution in [3.8, 4) is 0 Å². The van der Waals surface area contributed by atoms with Crippen LogP contribution in [0.3, 0.4) is 0 Å². The number of hydrogen-bond donors (Lipinski definition) is 2. The van der Waals surface area contributed by atoms with E-state index in [4.69, 9.17) is 5.53 Å². The summed E-state index contributed by atoms with van der Waals surface area (Å²) < 4.78 is 2.60. The Bertz CT molecular complexity index is 41.9. The molecule has 0 unspecified atom stereocenters. The molecule has 0 aliphatic rings. The predicted octanol–water partition coefficient (Wildman–Crippen LogP) is -0.423. The SMILES string of the molecule is NN.[N-]=[N+]=[N][Co]. The average Bonchev–Trinajstić information content (AvgIpc) is 1.72. The van der Waals surface area contributed by atoms with E-state index in [0.717, 1.165) is 0 Å². The maximum absolute atomic E-state index is 7.26. The molecule has 6 heavy (non-hydrogen) atoms. The molecule has 0 spiro atoms. The second-order valence-corrected chi connectivity index (χ2v) is 0.364. The molecule has 4 N–H and O–H groups in total. The second-order valence-electron chi connectivity index (χ2n) is 0.156. The molecule has 6 heteroatoms. The molecule has 0 saturated carbocycles. The van der Waals surface area contributed by atoms with Gasteiger partial charge >= 0.3 is 30.6 Å². The van der Waals surface area contributed by atoms with Gasteiger partial charge < -0.3 is 0 Å². The summed E-state index contributed by atoms with van der Waals surface area (Å²) in [5.74, 6) is 8.00. The Hall–Kier alpha value is -0.264. The molecule has 0 saturated heterocycles. The molecule has 0 aromatic heterocycles. The summed E-state index contributed by atoms with van der Waals surface area (Å²) in [5, 5.41) is 0. The first-order chi connectivity index (χ1) is 2.91. The van der Waals surface area contributed by atoms with Crippen molar-refractivity contribution in [2.24, 2.45) is 15.8 Å². The van der Waals surface area contributed by atoms with Crippen LogP contribution in [0.2, 0.25) is 0 Å². The van der Waals surface area contributed by atoms with Crippen molar-refractivity contribution in [2.45, 2.75) is 0 Å². The van der Waals surface area contributed by atoms with Gasteiger partial charge in [-0.25, -0.2) is 0 Å². The molecule has 0 aliphatic carbocycles. The third kappa shape index (κ3) is 51.6. The van der Waals surface area contributed by atoms with Crippen LogP contribution in [0.5, 0.6) is 0 Å². The maximum atomic E-state index is 7.26. The molecule has 5 nitrogen and oxygen atoms in total. The Balaban J connectivity index is 0. The van der Waals surface area contributed by atoms with Gasteiger partial charge in [0, 0.05) is 0 Å². The molecule has 38 valence electrons. The van der Waals surface area contributed by atoms with Crippen LogP contribution in [0.4, 0.5) is 0 Å². The molecular formula is H4CoN5. The van der Waals surface area contributed by atoms with Gasteiger partial charge in [0.1, 0.15) is 0 Å². The number of nitrogens with two attached hydrogens (primary N) is 2. The zero-order valence-corrected chi connectivity index (χ0v) is 3.87. The van der Waals surface area contributed by atoms with E-state index in [2.05, 4.69) is 36.7 Å². The van der Waals surface area contributed by atoms with Gasteiger partial charge in [0.15, 0.2) is 0 Å². The summed E-state index contributed by atoms with van der Waals surface area (Å²) in [6.45, 7) is 0. The third-order valence-corrected chi connectivity index (χ3v) is 0.123. The Labute approximate surface area is 43.1 Å². The van der Waals surface area contributed by atoms with E-state index in [-0.39, 0.29) is 0 Å². The zero-order chi connectivity index (χ0) is 5.41. The van der Waals surface area contributed by atoms with Gasteiger partial charge in [0.2, 0.25) is 0 Å². The molecule has 0 bridgehead atoms. The Morgan fingerprint density at radius 2 is 1.83 bits per heavy atom. The van der Waals surface area contributed by atoms with Crippen LogP contribution in [-0.2, 0) is 16.0 Å². The van der Waals surface area contributed by atoms with Crippen molar-refractivity contribution in [3.63, 3.8) is 0 Å². The van der Waals surface area contributed by atoms with Crippen molar-refractivity contribution < 1.29 is 16.0 Å². The average molecular weight is 133 g/mol. The number of rotatable bonds is 0. The van der Waals surface area contributed by atoms with E-state index >= 15 is 0 Å². The molecular weight excluding hydrogens is 129 g/mol. The minimum absolute atomic E-state index is 2.22. The van der Waals surface area contributed by atoms with E-state index < -0.39 is 0 Å². The number of nitrogens with zero attached hydrogens (tertiary/aromatic N) is 3. The van der Waals surface area contributed by atoms with Crippen LogP contribution in [0.1, 0.15) is 0 Å². The van der Waals surface area contributed by atoms with Crippen molar-refractivity contribution in [3.05, 3.63) is 10.4 Å². The Morgan fingerprint density at radius 3 is 1.83 bits per heavy atom. The van der Waals surface area contributed by atoms with E-state index in [1.54, 1.807) is 0 Å². The van der Waals surface area contributed by atoms with Crippen LogP contribution in [-0.4, -0.2) is 0 Å². The normalized spacial score (nSPS) is 4.00. The third-order valence-electron chi connectivity index (χ3n) is 0.0298. The summed E-state index contributed by atoms with van der Waals surface area (Å²) in [4.78, 5) is 2.22. The van der Waals surface area contributed by atoms with E-state index in [1.807, 2.05) is 0 Å². The fraction of sp³-hybridized carbons (Fsp3) is 0. The summed E-state index contributed by atoms with van der Waals surface area (Å²) in [6, 6.07) is 0. The molecule has 0 fully saturated rings. The van der Waals surface area contributed by atoms with Gasteiger partial charge in [0.25, 0.3) is 0 Å². The molecule has 0 aliphatic heterocycles. The van der Waals surface area contributed by atoms with Gasteiger partial charge in [-0.05, 0) is 0 Å². The molecule has 0 aromatic carbocycles. The summed E-state index contributed by atoms with van der Waals surface area (Å²) in [7, 11) is 0.